The Balaban J connectivity index is 1.53. The molecule has 186 valence electrons. The van der Waals surface area contributed by atoms with Crippen LogP contribution >= 0.6 is 11.3 Å². The van der Waals surface area contributed by atoms with E-state index in [-0.39, 0.29) is 12.4 Å². The van der Waals surface area contributed by atoms with Gasteiger partial charge in [0.25, 0.3) is 0 Å². The van der Waals surface area contributed by atoms with Crippen molar-refractivity contribution < 1.29 is 23.7 Å². The number of ether oxygens (including phenoxy) is 4. The van der Waals surface area contributed by atoms with Crippen LogP contribution in [0.3, 0.4) is 0 Å². The number of allylic oxidation sites excluding steroid dienone is 1. The summed E-state index contributed by atoms with van der Waals surface area (Å²) in [5, 5.41) is 12.3. The van der Waals surface area contributed by atoms with Crippen molar-refractivity contribution in [3.8, 4) is 40.3 Å². The summed E-state index contributed by atoms with van der Waals surface area (Å²) in [6.45, 7) is -0.114. The zero-order valence-corrected chi connectivity index (χ0v) is 21.4. The van der Waals surface area contributed by atoms with E-state index in [1.807, 2.05) is 29.6 Å². The molecule has 1 aromatic heterocycles. The van der Waals surface area contributed by atoms with Gasteiger partial charge in [-0.2, -0.15) is 5.26 Å². The fourth-order valence-corrected chi connectivity index (χ4v) is 4.37. The van der Waals surface area contributed by atoms with E-state index >= 15 is 0 Å². The van der Waals surface area contributed by atoms with Crippen LogP contribution in [0.2, 0.25) is 0 Å². The van der Waals surface area contributed by atoms with Gasteiger partial charge in [0.1, 0.15) is 11.1 Å². The Morgan fingerprint density at radius 2 is 1.62 bits per heavy atom. The lowest BCUT2D eigenvalue weighted by molar-refractivity contribution is 0.0919. The molecule has 4 aromatic rings. The van der Waals surface area contributed by atoms with E-state index in [9.17, 15) is 10.1 Å². The van der Waals surface area contributed by atoms with Gasteiger partial charge in [-0.15, -0.1) is 11.3 Å². The lowest BCUT2D eigenvalue weighted by Crippen LogP contribution is -2.11. The van der Waals surface area contributed by atoms with Gasteiger partial charge in [0.2, 0.25) is 0 Å². The minimum atomic E-state index is -0.132. The molecule has 37 heavy (non-hydrogen) atoms. The molecule has 0 saturated carbocycles. The van der Waals surface area contributed by atoms with Gasteiger partial charge in [-0.1, -0.05) is 36.4 Å². The maximum absolute atomic E-state index is 12.4. The van der Waals surface area contributed by atoms with Crippen LogP contribution in [0.1, 0.15) is 20.9 Å². The van der Waals surface area contributed by atoms with Crippen molar-refractivity contribution in [1.29, 1.82) is 5.26 Å². The molecule has 0 spiro atoms. The third-order valence-corrected chi connectivity index (χ3v) is 6.36. The van der Waals surface area contributed by atoms with Crippen LogP contribution in [-0.4, -0.2) is 38.7 Å². The number of Topliss-reactive ketones (excluding diaryl/α,β-unsaturated/α-hetero) is 1. The molecule has 0 bridgehead atoms. The molecule has 1 heterocycles. The maximum atomic E-state index is 12.4. The van der Waals surface area contributed by atoms with Gasteiger partial charge >= 0.3 is 0 Å². The van der Waals surface area contributed by atoms with E-state index in [0.29, 0.717) is 39.1 Å². The summed E-state index contributed by atoms with van der Waals surface area (Å²) in [7, 11) is 4.69. The Labute approximate surface area is 219 Å². The largest absolute Gasteiger partial charge is 0.493 e. The molecule has 0 unspecified atom stereocenters. The van der Waals surface area contributed by atoms with Gasteiger partial charge in [0.15, 0.2) is 35.4 Å². The minimum Gasteiger partial charge on any atom is -0.493 e. The summed E-state index contributed by atoms with van der Waals surface area (Å²) in [6.07, 6.45) is 1.73. The van der Waals surface area contributed by atoms with Crippen molar-refractivity contribution >= 4 is 28.8 Å². The van der Waals surface area contributed by atoms with E-state index in [0.717, 1.165) is 16.8 Å². The Kier molecular flexibility index (Phi) is 8.18. The molecular formula is C29H24N2O5S. The highest BCUT2D eigenvalue weighted by Gasteiger charge is 2.14. The molecule has 4 rings (SSSR count). The number of benzene rings is 3. The number of rotatable bonds is 10. The zero-order valence-electron chi connectivity index (χ0n) is 20.6. The number of hydrogen-bond acceptors (Lipinski definition) is 8. The summed E-state index contributed by atoms with van der Waals surface area (Å²) >= 11 is 1.37. The number of ketones is 1. The van der Waals surface area contributed by atoms with Crippen molar-refractivity contribution in [2.75, 3.05) is 27.9 Å². The van der Waals surface area contributed by atoms with Crippen molar-refractivity contribution in [3.05, 3.63) is 88.2 Å². The molecule has 0 N–H and O–H groups in total. The second-order valence-corrected chi connectivity index (χ2v) is 8.62. The van der Waals surface area contributed by atoms with Crippen molar-refractivity contribution in [2.45, 2.75) is 0 Å². The van der Waals surface area contributed by atoms with Crippen molar-refractivity contribution in [2.24, 2.45) is 0 Å². The van der Waals surface area contributed by atoms with Crippen LogP contribution in [0, 0.1) is 11.3 Å². The molecule has 0 radical (unpaired) electrons. The first-order chi connectivity index (χ1) is 18.1. The van der Waals surface area contributed by atoms with Crippen LogP contribution < -0.4 is 18.9 Å². The standard InChI is InChI=1S/C29H24N2O5S/c1-33-25-12-10-21(15-28(25)35-3)23-18-37-29(31-23)22(16-30)13-19-9-11-26(27(14-19)34-2)36-17-24(32)20-7-5-4-6-8-20/h4-15,18H,17H2,1-3H3. The predicted octanol–water partition coefficient (Wildman–Crippen LogP) is 6.16. The third-order valence-electron chi connectivity index (χ3n) is 5.49. The number of carbonyl (C=O) groups is 1. The predicted molar refractivity (Wildman–Crippen MR) is 143 cm³/mol. The number of aromatic nitrogens is 1. The van der Waals surface area contributed by atoms with Crippen LogP contribution in [0.15, 0.2) is 72.1 Å². The number of thiazole rings is 1. The molecule has 3 aromatic carbocycles. The lowest BCUT2D eigenvalue weighted by atomic mass is 10.1. The number of nitriles is 1. The fraction of sp³-hybridized carbons (Fsp3) is 0.138. The van der Waals surface area contributed by atoms with Gasteiger partial charge in [0, 0.05) is 16.5 Å². The molecule has 0 saturated heterocycles. The van der Waals surface area contributed by atoms with E-state index in [1.165, 1.54) is 18.4 Å². The van der Waals surface area contributed by atoms with Crippen LogP contribution in [0.25, 0.3) is 22.9 Å². The second-order valence-electron chi connectivity index (χ2n) is 7.77. The Bertz CT molecular complexity index is 1470. The van der Waals surface area contributed by atoms with Gasteiger partial charge in [0.05, 0.1) is 32.6 Å². The Hall–Kier alpha value is -4.61. The van der Waals surface area contributed by atoms with Crippen LogP contribution in [0.4, 0.5) is 0 Å². The molecular weight excluding hydrogens is 488 g/mol. The fourth-order valence-electron chi connectivity index (χ4n) is 3.58. The van der Waals surface area contributed by atoms with Gasteiger partial charge in [-0.3, -0.25) is 4.79 Å². The average Bonchev–Trinajstić information content (AvgIpc) is 3.45. The van der Waals surface area contributed by atoms with Gasteiger partial charge < -0.3 is 18.9 Å². The molecule has 0 fully saturated rings. The number of carbonyl (C=O) groups excluding carboxylic acids is 1. The quantitative estimate of drug-likeness (QED) is 0.186. The summed E-state index contributed by atoms with van der Waals surface area (Å²) < 4.78 is 21.9. The monoisotopic (exact) mass is 512 g/mol. The number of hydrogen-bond donors (Lipinski definition) is 0. The summed E-state index contributed by atoms with van der Waals surface area (Å²) in [4.78, 5) is 17.0. The highest BCUT2D eigenvalue weighted by molar-refractivity contribution is 7.11. The Morgan fingerprint density at radius 1 is 0.919 bits per heavy atom. The first kappa shape index (κ1) is 25.5. The van der Waals surface area contributed by atoms with Crippen molar-refractivity contribution in [3.63, 3.8) is 0 Å². The molecule has 8 heteroatoms. The first-order valence-electron chi connectivity index (χ1n) is 11.3. The smallest absolute Gasteiger partial charge is 0.200 e. The highest BCUT2D eigenvalue weighted by atomic mass is 32.1. The summed E-state index contributed by atoms with van der Waals surface area (Å²) in [6, 6.07) is 22.0. The van der Waals surface area contributed by atoms with Crippen molar-refractivity contribution in [1.82, 2.24) is 4.98 Å². The Morgan fingerprint density at radius 3 is 2.32 bits per heavy atom. The summed E-state index contributed by atoms with van der Waals surface area (Å²) in [5.74, 6) is 1.99. The second kappa shape index (κ2) is 11.9. The average molecular weight is 513 g/mol. The number of nitrogens with zero attached hydrogens (tertiary/aromatic N) is 2. The topological polar surface area (TPSA) is 90.7 Å². The van der Waals surface area contributed by atoms with E-state index in [4.69, 9.17) is 18.9 Å². The first-order valence-corrected chi connectivity index (χ1v) is 12.1. The minimum absolute atomic E-state index is 0.114. The van der Waals surface area contributed by atoms with Crippen LogP contribution in [0.5, 0.6) is 23.0 Å². The zero-order chi connectivity index (χ0) is 26.2. The highest BCUT2D eigenvalue weighted by Crippen LogP contribution is 2.34. The SMILES string of the molecule is COc1ccc(-c2csc(C(C#N)=Cc3ccc(OCC(=O)c4ccccc4)c(OC)c3)n2)cc1OC. The summed E-state index contributed by atoms with van der Waals surface area (Å²) in [5.41, 5.74) is 3.30. The molecule has 0 amide bonds. The normalized spacial score (nSPS) is 10.9. The van der Waals surface area contributed by atoms with E-state index < -0.39 is 0 Å². The van der Waals surface area contributed by atoms with Gasteiger partial charge in [-0.25, -0.2) is 4.98 Å². The van der Waals surface area contributed by atoms with Gasteiger partial charge in [-0.05, 0) is 42.0 Å². The molecule has 7 nitrogen and oxygen atoms in total. The van der Waals surface area contributed by atoms with Crippen LogP contribution in [-0.2, 0) is 0 Å². The molecule has 0 aliphatic heterocycles. The number of methoxy groups -OCH3 is 3. The molecule has 0 atom stereocenters. The molecule has 0 aliphatic rings. The maximum Gasteiger partial charge on any atom is 0.200 e. The lowest BCUT2D eigenvalue weighted by Gasteiger charge is -2.11. The van der Waals surface area contributed by atoms with E-state index in [2.05, 4.69) is 11.1 Å². The third kappa shape index (κ3) is 5.97. The van der Waals surface area contributed by atoms with E-state index in [1.54, 1.807) is 62.8 Å². The molecule has 0 aliphatic carbocycles.